The number of nitrogens with zero attached hydrogens (tertiary/aromatic N) is 2. The quantitative estimate of drug-likeness (QED) is 0.834. The SMILES string of the molecule is CCOCn1cc(C)c(=O)n(C(=O)OCc2ccccc2)c1=O. The number of ether oxygens (including phenoxy) is 2. The van der Waals surface area contributed by atoms with Gasteiger partial charge in [-0.05, 0) is 19.4 Å². The Hall–Kier alpha value is -2.67. The number of hydrogen-bond donors (Lipinski definition) is 0. The van der Waals surface area contributed by atoms with Crippen molar-refractivity contribution in [3.63, 3.8) is 0 Å². The molecule has 7 heteroatoms. The molecule has 0 aliphatic carbocycles. The minimum absolute atomic E-state index is 0.0229. The Morgan fingerprint density at radius 1 is 1.17 bits per heavy atom. The van der Waals surface area contributed by atoms with Crippen LogP contribution in [0.2, 0.25) is 0 Å². The molecule has 1 aromatic carbocycles. The summed E-state index contributed by atoms with van der Waals surface area (Å²) >= 11 is 0. The van der Waals surface area contributed by atoms with E-state index in [0.29, 0.717) is 11.2 Å². The molecular formula is C16H18N2O5. The fourth-order valence-corrected chi connectivity index (χ4v) is 1.96. The molecule has 2 rings (SSSR count). The van der Waals surface area contributed by atoms with Gasteiger partial charge in [-0.1, -0.05) is 30.3 Å². The van der Waals surface area contributed by atoms with E-state index < -0.39 is 17.3 Å². The monoisotopic (exact) mass is 318 g/mol. The fraction of sp³-hybridized carbons (Fsp3) is 0.312. The maximum absolute atomic E-state index is 12.2. The van der Waals surface area contributed by atoms with Crippen LogP contribution < -0.4 is 11.2 Å². The fourth-order valence-electron chi connectivity index (χ4n) is 1.96. The molecule has 2 aromatic rings. The van der Waals surface area contributed by atoms with Gasteiger partial charge in [-0.3, -0.25) is 9.36 Å². The largest absolute Gasteiger partial charge is 0.444 e. The maximum Gasteiger partial charge on any atom is 0.425 e. The smallest absolute Gasteiger partial charge is 0.425 e. The minimum atomic E-state index is -1.00. The van der Waals surface area contributed by atoms with Gasteiger partial charge < -0.3 is 9.47 Å². The highest BCUT2D eigenvalue weighted by Gasteiger charge is 2.17. The summed E-state index contributed by atoms with van der Waals surface area (Å²) in [5, 5.41) is 0. The summed E-state index contributed by atoms with van der Waals surface area (Å²) in [6, 6.07) is 9.00. The van der Waals surface area contributed by atoms with Gasteiger partial charge >= 0.3 is 11.8 Å². The molecule has 0 saturated carbocycles. The molecule has 1 aromatic heterocycles. The van der Waals surface area contributed by atoms with Crippen LogP contribution >= 0.6 is 0 Å². The van der Waals surface area contributed by atoms with Crippen LogP contribution in [0.1, 0.15) is 18.1 Å². The molecule has 23 heavy (non-hydrogen) atoms. The van der Waals surface area contributed by atoms with E-state index >= 15 is 0 Å². The Morgan fingerprint density at radius 3 is 2.52 bits per heavy atom. The highest BCUT2D eigenvalue weighted by molar-refractivity contribution is 5.70. The third kappa shape index (κ3) is 3.95. The average molecular weight is 318 g/mol. The summed E-state index contributed by atoms with van der Waals surface area (Å²) in [6.07, 6.45) is 0.360. The molecule has 0 bridgehead atoms. The molecule has 0 aliphatic heterocycles. The number of carbonyl (C=O) groups is 1. The second-order valence-corrected chi connectivity index (χ2v) is 4.87. The van der Waals surface area contributed by atoms with Gasteiger partial charge in [0, 0.05) is 18.4 Å². The molecule has 0 fully saturated rings. The lowest BCUT2D eigenvalue weighted by Crippen LogP contribution is -2.45. The number of benzene rings is 1. The second-order valence-electron chi connectivity index (χ2n) is 4.87. The standard InChI is InChI=1S/C16H18N2O5/c1-3-22-11-17-9-12(2)14(19)18(15(17)20)16(21)23-10-13-7-5-4-6-8-13/h4-9H,3,10-11H2,1-2H3. The number of aryl methyl sites for hydroxylation is 1. The van der Waals surface area contributed by atoms with Crippen molar-refractivity contribution in [2.45, 2.75) is 27.2 Å². The molecule has 122 valence electrons. The van der Waals surface area contributed by atoms with Gasteiger partial charge in [-0.25, -0.2) is 9.59 Å². The molecule has 0 spiro atoms. The van der Waals surface area contributed by atoms with Crippen LogP contribution in [0, 0.1) is 6.92 Å². The Kier molecular flexibility index (Phi) is 5.48. The van der Waals surface area contributed by atoms with Crippen LogP contribution in [0.15, 0.2) is 46.1 Å². The summed E-state index contributed by atoms with van der Waals surface area (Å²) < 4.78 is 11.9. The Labute approximate surface area is 132 Å². The van der Waals surface area contributed by atoms with E-state index in [0.717, 1.165) is 10.1 Å². The van der Waals surface area contributed by atoms with E-state index in [1.54, 1.807) is 31.2 Å². The number of aromatic nitrogens is 2. The van der Waals surface area contributed by atoms with Gasteiger partial charge in [0.1, 0.15) is 13.3 Å². The summed E-state index contributed by atoms with van der Waals surface area (Å²) in [5.74, 6) is 0. The zero-order chi connectivity index (χ0) is 16.8. The number of hydrogen-bond acceptors (Lipinski definition) is 5. The first kappa shape index (κ1) is 16.7. The zero-order valence-corrected chi connectivity index (χ0v) is 13.0. The Balaban J connectivity index is 2.27. The van der Waals surface area contributed by atoms with Crippen LogP contribution in [0.4, 0.5) is 4.79 Å². The van der Waals surface area contributed by atoms with Gasteiger partial charge in [0.25, 0.3) is 5.56 Å². The van der Waals surface area contributed by atoms with Crippen molar-refractivity contribution in [1.29, 1.82) is 0 Å². The summed E-state index contributed by atoms with van der Waals surface area (Å²) in [5.41, 5.74) is -0.468. The van der Waals surface area contributed by atoms with Crippen LogP contribution in [0.5, 0.6) is 0 Å². The van der Waals surface area contributed by atoms with Crippen LogP contribution in [-0.4, -0.2) is 21.8 Å². The molecule has 0 amide bonds. The Morgan fingerprint density at radius 2 is 1.87 bits per heavy atom. The predicted molar refractivity (Wildman–Crippen MR) is 83.4 cm³/mol. The zero-order valence-electron chi connectivity index (χ0n) is 13.0. The highest BCUT2D eigenvalue weighted by Crippen LogP contribution is 2.01. The van der Waals surface area contributed by atoms with Gasteiger partial charge in [-0.2, -0.15) is 4.57 Å². The van der Waals surface area contributed by atoms with E-state index in [1.807, 2.05) is 6.07 Å². The lowest BCUT2D eigenvalue weighted by Gasteiger charge is -2.11. The maximum atomic E-state index is 12.2. The number of rotatable bonds is 5. The topological polar surface area (TPSA) is 79.5 Å². The van der Waals surface area contributed by atoms with Gasteiger partial charge in [-0.15, -0.1) is 0 Å². The number of carbonyl (C=O) groups excluding carboxylic acids is 1. The third-order valence-corrected chi connectivity index (χ3v) is 3.15. The lowest BCUT2D eigenvalue weighted by atomic mass is 10.2. The third-order valence-electron chi connectivity index (χ3n) is 3.15. The predicted octanol–water partition coefficient (Wildman–Crippen LogP) is 1.50. The summed E-state index contributed by atoms with van der Waals surface area (Å²) in [7, 11) is 0. The normalized spacial score (nSPS) is 10.5. The lowest BCUT2D eigenvalue weighted by molar-refractivity contribution is 0.0821. The van der Waals surface area contributed by atoms with Gasteiger partial charge in [0.2, 0.25) is 0 Å². The summed E-state index contributed by atoms with van der Waals surface area (Å²) in [6.45, 7) is 3.64. The molecule has 0 aliphatic rings. The van der Waals surface area contributed by atoms with Crippen molar-refractivity contribution in [3.05, 3.63) is 68.5 Å². The van der Waals surface area contributed by atoms with Gasteiger partial charge in [0.15, 0.2) is 0 Å². The average Bonchev–Trinajstić information content (AvgIpc) is 2.56. The van der Waals surface area contributed by atoms with E-state index in [2.05, 4.69) is 0 Å². The summed E-state index contributed by atoms with van der Waals surface area (Å²) in [4.78, 5) is 36.4. The van der Waals surface area contributed by atoms with Crippen molar-refractivity contribution in [3.8, 4) is 0 Å². The van der Waals surface area contributed by atoms with Crippen LogP contribution in [0.25, 0.3) is 0 Å². The van der Waals surface area contributed by atoms with Crippen LogP contribution in [0.3, 0.4) is 0 Å². The van der Waals surface area contributed by atoms with Crippen molar-refractivity contribution < 1.29 is 14.3 Å². The first-order chi connectivity index (χ1) is 11.0. The Bertz CT molecular complexity index is 792. The van der Waals surface area contributed by atoms with Gasteiger partial charge in [0.05, 0.1) is 0 Å². The van der Waals surface area contributed by atoms with Crippen molar-refractivity contribution in [1.82, 2.24) is 9.13 Å². The molecule has 0 radical (unpaired) electrons. The van der Waals surface area contributed by atoms with Crippen molar-refractivity contribution in [2.24, 2.45) is 0 Å². The molecular weight excluding hydrogens is 300 g/mol. The molecule has 7 nitrogen and oxygen atoms in total. The molecule has 0 atom stereocenters. The van der Waals surface area contributed by atoms with E-state index in [1.165, 1.54) is 13.1 Å². The van der Waals surface area contributed by atoms with Crippen molar-refractivity contribution in [2.75, 3.05) is 6.61 Å². The van der Waals surface area contributed by atoms with E-state index in [-0.39, 0.29) is 18.9 Å². The van der Waals surface area contributed by atoms with E-state index in [4.69, 9.17) is 9.47 Å². The first-order valence-corrected chi connectivity index (χ1v) is 7.16. The molecule has 1 heterocycles. The molecule has 0 N–H and O–H groups in total. The van der Waals surface area contributed by atoms with E-state index in [9.17, 15) is 14.4 Å². The highest BCUT2D eigenvalue weighted by atomic mass is 16.6. The molecule has 0 unspecified atom stereocenters. The van der Waals surface area contributed by atoms with Crippen LogP contribution in [-0.2, 0) is 22.8 Å². The van der Waals surface area contributed by atoms with Crippen molar-refractivity contribution >= 4 is 6.09 Å². The minimum Gasteiger partial charge on any atom is -0.444 e. The molecule has 0 saturated heterocycles. The first-order valence-electron chi connectivity index (χ1n) is 7.16. The second kappa shape index (κ2) is 7.55.